The van der Waals surface area contributed by atoms with Gasteiger partial charge in [0.1, 0.15) is 28.6 Å². The molecule has 3 aliphatic heterocycles. The highest BCUT2D eigenvalue weighted by atomic mass is 32.2. The van der Waals surface area contributed by atoms with Gasteiger partial charge >= 0.3 is 0 Å². The number of ether oxygens (including phenoxy) is 2. The van der Waals surface area contributed by atoms with E-state index in [9.17, 15) is 18.6 Å². The van der Waals surface area contributed by atoms with Crippen LogP contribution in [0, 0.1) is 0 Å². The Morgan fingerprint density at radius 3 is 2.19 bits per heavy atom. The summed E-state index contributed by atoms with van der Waals surface area (Å²) < 4.78 is 41.5. The smallest absolute Gasteiger partial charge is 0.241 e. The van der Waals surface area contributed by atoms with Crippen molar-refractivity contribution in [1.29, 1.82) is 0 Å². The first kappa shape index (κ1) is 22.9. The molecule has 3 unspecified atom stereocenters. The minimum absolute atomic E-state index is 0.138. The summed E-state index contributed by atoms with van der Waals surface area (Å²) >= 11 is 0. The zero-order chi connectivity index (χ0) is 25.0. The molecular weight excluding hydrogens is 478 g/mol. The molecule has 186 valence electrons. The molecule has 2 N–H and O–H groups in total. The van der Waals surface area contributed by atoms with E-state index in [-0.39, 0.29) is 17.6 Å². The van der Waals surface area contributed by atoms with Crippen LogP contribution >= 0.6 is 0 Å². The van der Waals surface area contributed by atoms with E-state index < -0.39 is 21.4 Å². The van der Waals surface area contributed by atoms with Gasteiger partial charge in [0.2, 0.25) is 10.0 Å². The van der Waals surface area contributed by atoms with Crippen LogP contribution < -0.4 is 9.04 Å². The van der Waals surface area contributed by atoms with E-state index >= 15 is 0 Å². The molecule has 3 heterocycles. The Bertz CT molecular complexity index is 1450. The molecule has 7 nitrogen and oxygen atoms in total. The Morgan fingerprint density at radius 2 is 1.56 bits per heavy atom. The molecule has 8 heteroatoms. The van der Waals surface area contributed by atoms with E-state index in [1.54, 1.807) is 53.9 Å². The van der Waals surface area contributed by atoms with Gasteiger partial charge in [0.05, 0.1) is 18.9 Å². The molecular formula is C28H27NO6S. The van der Waals surface area contributed by atoms with Crippen molar-refractivity contribution in [2.24, 2.45) is 0 Å². The second-order valence-electron chi connectivity index (χ2n) is 9.46. The van der Waals surface area contributed by atoms with E-state index in [4.69, 9.17) is 9.47 Å². The van der Waals surface area contributed by atoms with Crippen molar-refractivity contribution in [1.82, 2.24) is 0 Å². The van der Waals surface area contributed by atoms with E-state index in [0.717, 1.165) is 40.7 Å². The number of hydrogen-bond acceptors (Lipinski definition) is 6. The number of fused-ring (bicyclic) bond motifs is 3. The van der Waals surface area contributed by atoms with Crippen LogP contribution in [0.15, 0.2) is 66.7 Å². The van der Waals surface area contributed by atoms with Gasteiger partial charge in [-0.15, -0.1) is 0 Å². The summed E-state index contributed by atoms with van der Waals surface area (Å²) in [6, 6.07) is 19.2. The van der Waals surface area contributed by atoms with Crippen molar-refractivity contribution < 1.29 is 28.1 Å². The Hall–Kier alpha value is -3.49. The van der Waals surface area contributed by atoms with Gasteiger partial charge in [-0.05, 0) is 89.6 Å². The lowest BCUT2D eigenvalue weighted by Gasteiger charge is -2.35. The molecule has 2 bridgehead atoms. The van der Waals surface area contributed by atoms with Gasteiger partial charge in [-0.3, -0.25) is 4.31 Å². The quantitative estimate of drug-likeness (QED) is 0.536. The Balaban J connectivity index is 1.43. The van der Waals surface area contributed by atoms with Gasteiger partial charge in [-0.2, -0.15) is 0 Å². The number of phenolic OH excluding ortho intramolecular Hbond substituents is 2. The first-order valence-corrected chi connectivity index (χ1v) is 13.5. The summed E-state index contributed by atoms with van der Waals surface area (Å²) in [5.41, 5.74) is 5.12. The number of methoxy groups -OCH3 is 1. The highest BCUT2D eigenvalue weighted by Crippen LogP contribution is 2.51. The predicted octanol–water partition coefficient (Wildman–Crippen LogP) is 4.34. The van der Waals surface area contributed by atoms with Crippen molar-refractivity contribution in [2.75, 3.05) is 18.0 Å². The highest BCUT2D eigenvalue weighted by molar-refractivity contribution is 7.93. The van der Waals surface area contributed by atoms with E-state index in [1.165, 1.54) is 0 Å². The van der Waals surface area contributed by atoms with E-state index in [2.05, 4.69) is 0 Å². The van der Waals surface area contributed by atoms with Gasteiger partial charge in [0, 0.05) is 6.54 Å². The third-order valence-corrected chi connectivity index (χ3v) is 9.60. The van der Waals surface area contributed by atoms with Crippen molar-refractivity contribution in [2.45, 2.75) is 36.7 Å². The normalized spacial score (nSPS) is 23.1. The molecule has 1 saturated heterocycles. The van der Waals surface area contributed by atoms with Crippen molar-refractivity contribution in [3.8, 4) is 17.2 Å². The highest BCUT2D eigenvalue weighted by Gasteiger charge is 2.54. The predicted molar refractivity (Wildman–Crippen MR) is 138 cm³/mol. The average molecular weight is 506 g/mol. The lowest BCUT2D eigenvalue weighted by Crippen LogP contribution is -2.45. The number of aromatic hydroxyl groups is 2. The van der Waals surface area contributed by atoms with Crippen LogP contribution in [0.3, 0.4) is 0 Å². The Labute approximate surface area is 210 Å². The number of aryl methyl sites for hydroxylation is 1. The van der Waals surface area contributed by atoms with Gasteiger partial charge in [0.15, 0.2) is 0 Å². The second kappa shape index (κ2) is 8.57. The van der Waals surface area contributed by atoms with Crippen LogP contribution in [-0.2, 0) is 21.2 Å². The molecule has 36 heavy (non-hydrogen) atoms. The number of anilines is 1. The maximum absolute atomic E-state index is 14.1. The minimum Gasteiger partial charge on any atom is -0.508 e. The van der Waals surface area contributed by atoms with Crippen molar-refractivity contribution in [3.05, 3.63) is 83.4 Å². The second-order valence-corrected chi connectivity index (χ2v) is 11.5. The third-order valence-electron chi connectivity index (χ3n) is 7.40. The number of hydrogen-bond donors (Lipinski definition) is 2. The Morgan fingerprint density at radius 1 is 0.917 bits per heavy atom. The van der Waals surface area contributed by atoms with Crippen LogP contribution in [-0.4, -0.2) is 49.7 Å². The number of sulfonamides is 1. The van der Waals surface area contributed by atoms with Crippen LogP contribution in [0.2, 0.25) is 0 Å². The van der Waals surface area contributed by atoms with Gasteiger partial charge in [-0.1, -0.05) is 24.3 Å². The van der Waals surface area contributed by atoms with E-state index in [0.29, 0.717) is 24.4 Å². The molecule has 6 rings (SSSR count). The molecule has 1 fully saturated rings. The van der Waals surface area contributed by atoms with Crippen LogP contribution in [0.1, 0.15) is 29.5 Å². The molecule has 0 saturated carbocycles. The summed E-state index contributed by atoms with van der Waals surface area (Å²) in [5.74, 6) is 1.02. The van der Waals surface area contributed by atoms with Crippen molar-refractivity contribution in [3.63, 3.8) is 0 Å². The van der Waals surface area contributed by atoms with Crippen LogP contribution in [0.5, 0.6) is 17.2 Å². The molecule has 0 amide bonds. The number of nitrogens with zero attached hydrogens (tertiary/aromatic N) is 1. The molecule has 0 spiro atoms. The van der Waals surface area contributed by atoms with Gasteiger partial charge < -0.3 is 19.7 Å². The fourth-order valence-corrected chi connectivity index (χ4v) is 7.83. The lowest BCUT2D eigenvalue weighted by atomic mass is 9.83. The summed E-state index contributed by atoms with van der Waals surface area (Å²) in [7, 11) is -2.14. The largest absolute Gasteiger partial charge is 0.508 e. The standard InChI is InChI=1S/C28H27NO6S/c1-34-22-12-13-23-19(15-22)3-2-14-29(23)36(32,33)25-16-24-26(17-4-8-20(30)9-5-17)27(28(25)35-24)18-6-10-21(31)11-7-18/h4-13,15,24-25,28,30-31H,2-3,14,16H2,1H3. The molecule has 3 aromatic carbocycles. The lowest BCUT2D eigenvalue weighted by molar-refractivity contribution is 0.128. The maximum Gasteiger partial charge on any atom is 0.241 e. The van der Waals surface area contributed by atoms with Crippen LogP contribution in [0.25, 0.3) is 11.1 Å². The zero-order valence-electron chi connectivity index (χ0n) is 19.8. The molecule has 3 aromatic rings. The molecule has 0 aromatic heterocycles. The maximum atomic E-state index is 14.1. The third kappa shape index (κ3) is 3.63. The van der Waals surface area contributed by atoms with E-state index in [1.807, 2.05) is 24.3 Å². The zero-order valence-corrected chi connectivity index (χ0v) is 20.6. The molecule has 0 aliphatic carbocycles. The first-order chi connectivity index (χ1) is 17.4. The Kier molecular flexibility index (Phi) is 5.46. The summed E-state index contributed by atoms with van der Waals surface area (Å²) in [6.45, 7) is 0.429. The average Bonchev–Trinajstić information content (AvgIpc) is 3.49. The number of rotatable bonds is 5. The summed E-state index contributed by atoms with van der Waals surface area (Å²) in [6.07, 6.45) is 0.864. The fraction of sp³-hybridized carbons (Fsp3) is 0.286. The molecule has 3 atom stereocenters. The fourth-order valence-electron chi connectivity index (χ4n) is 5.74. The van der Waals surface area contributed by atoms with Gasteiger partial charge in [-0.25, -0.2) is 8.42 Å². The van der Waals surface area contributed by atoms with Gasteiger partial charge in [0.25, 0.3) is 0 Å². The first-order valence-electron chi connectivity index (χ1n) is 12.0. The minimum atomic E-state index is -3.74. The monoisotopic (exact) mass is 505 g/mol. The van der Waals surface area contributed by atoms with Crippen molar-refractivity contribution >= 4 is 26.9 Å². The SMILES string of the molecule is COc1ccc2c(c1)CCCN2S(=O)(=O)C1CC2OC1C(c1ccc(O)cc1)=C2c1ccc(O)cc1. The topological polar surface area (TPSA) is 96.3 Å². The molecule has 3 aliphatic rings. The van der Waals surface area contributed by atoms with Crippen LogP contribution in [0.4, 0.5) is 5.69 Å². The number of benzene rings is 3. The summed E-state index contributed by atoms with van der Waals surface area (Å²) in [4.78, 5) is 0. The summed E-state index contributed by atoms with van der Waals surface area (Å²) in [5, 5.41) is 18.9. The molecule has 0 radical (unpaired) electrons. The number of phenols is 2.